The van der Waals surface area contributed by atoms with E-state index in [1.54, 1.807) is 24.3 Å². The second kappa shape index (κ2) is 22.4. The van der Waals surface area contributed by atoms with Gasteiger partial charge in [-0.2, -0.15) is 0 Å². The maximum absolute atomic E-state index is 12.3. The highest BCUT2D eigenvalue weighted by Crippen LogP contribution is 2.14. The molecule has 1 rings (SSSR count). The first-order valence-electron chi connectivity index (χ1n) is 14.3. The molecule has 1 aromatic carbocycles. The number of carbonyl (C=O) groups is 2. The van der Waals surface area contributed by atoms with Gasteiger partial charge in [-0.1, -0.05) is 122 Å². The lowest BCUT2D eigenvalue weighted by Crippen LogP contribution is -2.10. The molecule has 4 heteroatoms. The number of unbranched alkanes of at least 4 members (excludes halogenated alkanes) is 14. The highest BCUT2D eigenvalue weighted by atomic mass is 16.5. The summed E-state index contributed by atoms with van der Waals surface area (Å²) >= 11 is 0. The lowest BCUT2D eigenvalue weighted by molar-refractivity contribution is 0.0497. The summed E-state index contributed by atoms with van der Waals surface area (Å²) in [5, 5.41) is 0. The Hall–Kier alpha value is -2.10. The number of hydrogen-bond donors (Lipinski definition) is 0. The molecule has 1 aromatic rings. The van der Waals surface area contributed by atoms with Crippen molar-refractivity contribution in [1.29, 1.82) is 0 Å². The van der Waals surface area contributed by atoms with Gasteiger partial charge in [-0.25, -0.2) is 9.59 Å². The summed E-state index contributed by atoms with van der Waals surface area (Å²) in [6.07, 6.45) is 25.3. The van der Waals surface area contributed by atoms with Crippen LogP contribution in [0.5, 0.6) is 0 Å². The zero-order valence-electron chi connectivity index (χ0n) is 22.5. The van der Waals surface area contributed by atoms with Gasteiger partial charge >= 0.3 is 11.9 Å². The van der Waals surface area contributed by atoms with E-state index >= 15 is 0 Å². The smallest absolute Gasteiger partial charge is 0.338 e. The molecule has 0 aromatic heterocycles. The number of carbonyl (C=O) groups excluding carboxylic acids is 2. The number of ether oxygens (including phenoxy) is 2. The normalized spacial score (nSPS) is 11.1. The molecule has 0 saturated heterocycles. The third-order valence-corrected chi connectivity index (χ3v) is 6.24. The van der Waals surface area contributed by atoms with Gasteiger partial charge in [0.25, 0.3) is 0 Å². The van der Waals surface area contributed by atoms with Crippen molar-refractivity contribution < 1.29 is 19.1 Å². The van der Waals surface area contributed by atoms with E-state index in [9.17, 15) is 9.59 Å². The molecule has 0 N–H and O–H groups in total. The summed E-state index contributed by atoms with van der Waals surface area (Å²) in [6.45, 7) is 5.10. The fourth-order valence-electron chi connectivity index (χ4n) is 4.08. The highest BCUT2D eigenvalue weighted by Gasteiger charge is 2.12. The molecule has 0 radical (unpaired) electrons. The van der Waals surface area contributed by atoms with Crippen molar-refractivity contribution in [1.82, 2.24) is 0 Å². The SMILES string of the molecule is CC/C=C\CCOC(=O)c1cccc(C(=O)OCCCCCCCCCCCCCCCCC)c1. The van der Waals surface area contributed by atoms with Gasteiger partial charge in [0, 0.05) is 0 Å². The number of allylic oxidation sites excluding steroid dienone is 1. The topological polar surface area (TPSA) is 52.6 Å². The third kappa shape index (κ3) is 17.0. The number of hydrogen-bond acceptors (Lipinski definition) is 4. The Labute approximate surface area is 214 Å². The van der Waals surface area contributed by atoms with E-state index < -0.39 is 5.97 Å². The van der Waals surface area contributed by atoms with Crippen molar-refractivity contribution in [2.75, 3.05) is 13.2 Å². The molecule has 0 saturated carbocycles. The Morgan fingerprint density at radius 3 is 1.57 bits per heavy atom. The number of esters is 2. The molecule has 0 fully saturated rings. The Bertz CT molecular complexity index is 695. The van der Waals surface area contributed by atoms with E-state index in [0.717, 1.165) is 19.3 Å². The lowest BCUT2D eigenvalue weighted by Gasteiger charge is -2.07. The summed E-state index contributed by atoms with van der Waals surface area (Å²) in [5.74, 6) is -0.789. The van der Waals surface area contributed by atoms with E-state index in [1.807, 2.05) is 12.2 Å². The van der Waals surface area contributed by atoms with Crippen LogP contribution in [0.1, 0.15) is 144 Å². The van der Waals surface area contributed by atoms with Crippen molar-refractivity contribution in [2.24, 2.45) is 0 Å². The average molecular weight is 487 g/mol. The molecule has 0 bridgehead atoms. The quantitative estimate of drug-likeness (QED) is 0.0931. The predicted molar refractivity (Wildman–Crippen MR) is 146 cm³/mol. The van der Waals surface area contributed by atoms with Gasteiger partial charge in [0.15, 0.2) is 0 Å². The van der Waals surface area contributed by atoms with E-state index in [4.69, 9.17) is 9.47 Å². The van der Waals surface area contributed by atoms with Crippen LogP contribution in [0.2, 0.25) is 0 Å². The first-order valence-corrected chi connectivity index (χ1v) is 14.3. The summed E-state index contributed by atoms with van der Waals surface area (Å²) in [7, 11) is 0. The molecule has 198 valence electrons. The van der Waals surface area contributed by atoms with Gasteiger partial charge in [0.05, 0.1) is 24.3 Å². The molecule has 4 nitrogen and oxygen atoms in total. The van der Waals surface area contributed by atoms with Gasteiger partial charge in [0.1, 0.15) is 0 Å². The molecular formula is C31H50O4. The molecule has 0 atom stereocenters. The predicted octanol–water partition coefficient (Wildman–Crippen LogP) is 9.23. The standard InChI is InChI=1S/C31H50O4/c1-3-5-7-9-10-11-12-13-14-15-16-17-18-19-21-26-35-31(33)29-24-22-23-28(27-29)30(32)34-25-20-8-6-4-2/h6,8,22-24,27H,3-5,7,9-21,25-26H2,1-2H3/b8-6-. The summed E-state index contributed by atoms with van der Waals surface area (Å²) in [5.41, 5.74) is 0.775. The van der Waals surface area contributed by atoms with Gasteiger partial charge in [0.2, 0.25) is 0 Å². The van der Waals surface area contributed by atoms with Crippen LogP contribution in [-0.2, 0) is 9.47 Å². The summed E-state index contributed by atoms with van der Waals surface area (Å²) < 4.78 is 10.7. The van der Waals surface area contributed by atoms with Crippen molar-refractivity contribution >= 4 is 11.9 Å². The van der Waals surface area contributed by atoms with Crippen LogP contribution in [0.4, 0.5) is 0 Å². The number of benzene rings is 1. The monoisotopic (exact) mass is 486 g/mol. The Balaban J connectivity index is 2.03. The van der Waals surface area contributed by atoms with Gasteiger partial charge in [-0.3, -0.25) is 0 Å². The second-order valence-corrected chi connectivity index (χ2v) is 9.47. The van der Waals surface area contributed by atoms with Crippen LogP contribution < -0.4 is 0 Å². The van der Waals surface area contributed by atoms with Crippen LogP contribution in [0.25, 0.3) is 0 Å². The fraction of sp³-hybridized carbons (Fsp3) is 0.677. The van der Waals surface area contributed by atoms with E-state index in [0.29, 0.717) is 30.8 Å². The van der Waals surface area contributed by atoms with Crippen LogP contribution in [0.3, 0.4) is 0 Å². The third-order valence-electron chi connectivity index (χ3n) is 6.24. The Morgan fingerprint density at radius 2 is 1.09 bits per heavy atom. The minimum atomic E-state index is -0.410. The fourth-order valence-corrected chi connectivity index (χ4v) is 4.08. The molecule has 0 aliphatic rings. The highest BCUT2D eigenvalue weighted by molar-refractivity contribution is 5.95. The van der Waals surface area contributed by atoms with Crippen LogP contribution in [0.15, 0.2) is 36.4 Å². The molecule has 0 amide bonds. The first-order chi connectivity index (χ1) is 17.2. The van der Waals surface area contributed by atoms with Gasteiger partial charge in [-0.05, 0) is 37.5 Å². The molecule has 35 heavy (non-hydrogen) atoms. The minimum absolute atomic E-state index is 0.337. The molecule has 0 aliphatic carbocycles. The Morgan fingerprint density at radius 1 is 0.629 bits per heavy atom. The zero-order valence-corrected chi connectivity index (χ0v) is 22.5. The van der Waals surface area contributed by atoms with E-state index in [2.05, 4.69) is 13.8 Å². The lowest BCUT2D eigenvalue weighted by atomic mass is 10.0. The van der Waals surface area contributed by atoms with Crippen LogP contribution in [-0.4, -0.2) is 25.2 Å². The first kappa shape index (κ1) is 30.9. The summed E-state index contributed by atoms with van der Waals surface area (Å²) in [4.78, 5) is 24.5. The van der Waals surface area contributed by atoms with Crippen LogP contribution in [0, 0.1) is 0 Å². The molecule has 0 heterocycles. The van der Waals surface area contributed by atoms with E-state index in [1.165, 1.54) is 83.5 Å². The second-order valence-electron chi connectivity index (χ2n) is 9.47. The van der Waals surface area contributed by atoms with E-state index in [-0.39, 0.29) is 5.97 Å². The summed E-state index contributed by atoms with van der Waals surface area (Å²) in [6, 6.07) is 6.59. The molecule has 0 spiro atoms. The van der Waals surface area contributed by atoms with Gasteiger partial charge < -0.3 is 9.47 Å². The van der Waals surface area contributed by atoms with Crippen molar-refractivity contribution in [2.45, 2.75) is 123 Å². The minimum Gasteiger partial charge on any atom is -0.462 e. The largest absolute Gasteiger partial charge is 0.462 e. The van der Waals surface area contributed by atoms with Crippen molar-refractivity contribution in [3.63, 3.8) is 0 Å². The maximum Gasteiger partial charge on any atom is 0.338 e. The van der Waals surface area contributed by atoms with Crippen LogP contribution >= 0.6 is 0 Å². The van der Waals surface area contributed by atoms with Crippen molar-refractivity contribution in [3.05, 3.63) is 47.5 Å². The average Bonchev–Trinajstić information content (AvgIpc) is 2.88. The Kier molecular flexibility index (Phi) is 19.8. The van der Waals surface area contributed by atoms with Crippen molar-refractivity contribution in [3.8, 4) is 0 Å². The molecule has 0 unspecified atom stereocenters. The number of rotatable bonds is 22. The maximum atomic E-state index is 12.3. The molecule has 0 aliphatic heterocycles. The zero-order chi connectivity index (χ0) is 25.4. The van der Waals surface area contributed by atoms with Gasteiger partial charge in [-0.15, -0.1) is 0 Å². The molecular weight excluding hydrogens is 436 g/mol.